The monoisotopic (exact) mass is 361 g/mol. The lowest BCUT2D eigenvalue weighted by Crippen LogP contribution is -2.13. The number of hydrogen-bond acceptors (Lipinski definition) is 5. The van der Waals surface area contributed by atoms with Crippen molar-refractivity contribution in [2.45, 2.75) is 19.9 Å². The van der Waals surface area contributed by atoms with Crippen molar-refractivity contribution in [2.75, 3.05) is 5.32 Å². The first-order chi connectivity index (χ1) is 13.0. The Hall–Kier alpha value is -3.55. The largest absolute Gasteiger partial charge is 0.334 e. The number of aryl methyl sites for hydroxylation is 1. The average Bonchev–Trinajstić information content (AvgIpc) is 3.29. The van der Waals surface area contributed by atoms with Crippen LogP contribution in [0.3, 0.4) is 0 Å². The van der Waals surface area contributed by atoms with E-state index in [9.17, 15) is 4.79 Å². The molecule has 0 aliphatic carbocycles. The molecule has 27 heavy (non-hydrogen) atoms. The molecule has 136 valence electrons. The van der Waals surface area contributed by atoms with Crippen molar-refractivity contribution >= 4 is 22.8 Å². The maximum Gasteiger partial charge on any atom is 0.256 e. The Morgan fingerprint density at radius 1 is 1.15 bits per heavy atom. The Labute approximate surface area is 155 Å². The number of aromatic nitrogens is 6. The van der Waals surface area contributed by atoms with E-state index in [-0.39, 0.29) is 11.9 Å². The number of nitrogens with zero attached hydrogens (tertiary/aromatic N) is 6. The molecule has 1 aromatic carbocycles. The molecule has 4 aromatic rings. The van der Waals surface area contributed by atoms with Crippen LogP contribution in [0.15, 0.2) is 49.1 Å². The molecule has 0 saturated carbocycles. The minimum Gasteiger partial charge on any atom is -0.334 e. The van der Waals surface area contributed by atoms with Gasteiger partial charge < -0.3 is 14.5 Å². The van der Waals surface area contributed by atoms with E-state index < -0.39 is 0 Å². The summed E-state index contributed by atoms with van der Waals surface area (Å²) >= 11 is 0. The lowest BCUT2D eigenvalue weighted by atomic mass is 10.2. The number of benzene rings is 1. The van der Waals surface area contributed by atoms with Gasteiger partial charge in [-0.3, -0.25) is 4.79 Å². The van der Waals surface area contributed by atoms with Crippen molar-refractivity contribution in [2.24, 2.45) is 7.05 Å². The number of pyridine rings is 1. The lowest BCUT2D eigenvalue weighted by molar-refractivity contribution is 0.102. The van der Waals surface area contributed by atoms with Crippen molar-refractivity contribution in [3.8, 4) is 11.5 Å². The van der Waals surface area contributed by atoms with Crippen molar-refractivity contribution in [1.82, 2.24) is 29.3 Å². The van der Waals surface area contributed by atoms with Crippen LogP contribution in [0.1, 0.15) is 30.2 Å². The number of nitrogens with one attached hydrogen (secondary N) is 1. The first-order valence-corrected chi connectivity index (χ1v) is 8.62. The average molecular weight is 361 g/mol. The highest BCUT2D eigenvalue weighted by Crippen LogP contribution is 2.20. The van der Waals surface area contributed by atoms with Crippen LogP contribution in [0.25, 0.3) is 22.6 Å². The van der Waals surface area contributed by atoms with Crippen LogP contribution in [0.4, 0.5) is 5.82 Å². The molecular formula is C19H19N7O. The first-order valence-electron chi connectivity index (χ1n) is 8.62. The number of imidazole rings is 1. The van der Waals surface area contributed by atoms with Crippen LogP contribution in [0, 0.1) is 0 Å². The van der Waals surface area contributed by atoms with E-state index in [0.29, 0.717) is 22.9 Å². The second kappa shape index (κ2) is 6.64. The molecule has 0 bridgehead atoms. The maximum atomic E-state index is 12.6. The number of amides is 1. The quantitative estimate of drug-likeness (QED) is 0.603. The second-order valence-corrected chi connectivity index (χ2v) is 6.58. The molecule has 0 fully saturated rings. The highest BCUT2D eigenvalue weighted by molar-refractivity contribution is 6.05. The van der Waals surface area contributed by atoms with Gasteiger partial charge in [0, 0.05) is 18.7 Å². The molecule has 0 saturated heterocycles. The van der Waals surface area contributed by atoms with Gasteiger partial charge in [0.05, 0.1) is 17.4 Å². The van der Waals surface area contributed by atoms with Gasteiger partial charge in [0.1, 0.15) is 17.8 Å². The molecule has 3 heterocycles. The Balaban J connectivity index is 1.61. The normalized spacial score (nSPS) is 11.3. The van der Waals surface area contributed by atoms with Crippen LogP contribution in [-0.4, -0.2) is 35.2 Å². The van der Waals surface area contributed by atoms with E-state index >= 15 is 0 Å². The molecule has 1 N–H and O–H groups in total. The van der Waals surface area contributed by atoms with E-state index in [4.69, 9.17) is 0 Å². The highest BCUT2D eigenvalue weighted by Gasteiger charge is 2.13. The molecule has 8 nitrogen and oxygen atoms in total. The van der Waals surface area contributed by atoms with Crippen molar-refractivity contribution in [3.05, 3.63) is 54.6 Å². The van der Waals surface area contributed by atoms with Gasteiger partial charge >= 0.3 is 0 Å². The van der Waals surface area contributed by atoms with E-state index in [2.05, 4.69) is 25.5 Å². The summed E-state index contributed by atoms with van der Waals surface area (Å²) in [5.74, 6) is 0.895. The molecule has 0 atom stereocenters. The van der Waals surface area contributed by atoms with Crippen molar-refractivity contribution < 1.29 is 4.79 Å². The third kappa shape index (κ3) is 3.17. The Morgan fingerprint density at radius 3 is 2.81 bits per heavy atom. The summed E-state index contributed by atoms with van der Waals surface area (Å²) in [5.41, 5.74) is 2.95. The van der Waals surface area contributed by atoms with Gasteiger partial charge in [-0.2, -0.15) is 0 Å². The minimum atomic E-state index is -0.229. The second-order valence-electron chi connectivity index (χ2n) is 6.58. The summed E-state index contributed by atoms with van der Waals surface area (Å²) in [7, 11) is 1.90. The van der Waals surface area contributed by atoms with Gasteiger partial charge in [0.2, 0.25) is 0 Å². The third-order valence-electron chi connectivity index (χ3n) is 4.34. The summed E-state index contributed by atoms with van der Waals surface area (Å²) in [6, 6.07) is 11.0. The minimum absolute atomic E-state index is 0.209. The van der Waals surface area contributed by atoms with Crippen LogP contribution >= 0.6 is 0 Å². The molecule has 0 aliphatic rings. The lowest BCUT2D eigenvalue weighted by Gasteiger charge is -2.10. The molecule has 3 aromatic heterocycles. The highest BCUT2D eigenvalue weighted by atomic mass is 16.1. The summed E-state index contributed by atoms with van der Waals surface area (Å²) in [4.78, 5) is 21.4. The van der Waals surface area contributed by atoms with Gasteiger partial charge in [0.15, 0.2) is 5.82 Å². The fourth-order valence-electron chi connectivity index (χ4n) is 2.89. The van der Waals surface area contributed by atoms with Gasteiger partial charge in [-0.25, -0.2) is 9.97 Å². The molecule has 0 unspecified atom stereocenters. The Kier molecular flexibility index (Phi) is 4.15. The zero-order chi connectivity index (χ0) is 19.0. The van der Waals surface area contributed by atoms with E-state index in [1.807, 2.05) is 54.3 Å². The predicted octanol–water partition coefficient (Wildman–Crippen LogP) is 3.06. The summed E-state index contributed by atoms with van der Waals surface area (Å²) < 4.78 is 3.81. The van der Waals surface area contributed by atoms with Gasteiger partial charge in [-0.1, -0.05) is 6.07 Å². The SMILES string of the molecule is CC(C)n1cnnc1-c1cccc(NC(=O)c2ccc3ncn(C)c3c2)n1. The zero-order valence-corrected chi connectivity index (χ0v) is 15.3. The summed E-state index contributed by atoms with van der Waals surface area (Å²) in [6.07, 6.45) is 3.40. The van der Waals surface area contributed by atoms with E-state index in [0.717, 1.165) is 11.0 Å². The number of hydrogen-bond donors (Lipinski definition) is 1. The third-order valence-corrected chi connectivity index (χ3v) is 4.34. The molecule has 0 aliphatic heterocycles. The Morgan fingerprint density at radius 2 is 2.00 bits per heavy atom. The number of anilines is 1. The first kappa shape index (κ1) is 16.9. The predicted molar refractivity (Wildman–Crippen MR) is 102 cm³/mol. The van der Waals surface area contributed by atoms with Gasteiger partial charge in [-0.15, -0.1) is 10.2 Å². The van der Waals surface area contributed by atoms with E-state index in [1.54, 1.807) is 24.8 Å². The summed E-state index contributed by atoms with van der Waals surface area (Å²) in [5, 5.41) is 11.0. The smallest absolute Gasteiger partial charge is 0.256 e. The Bertz CT molecular complexity index is 1130. The maximum absolute atomic E-state index is 12.6. The van der Waals surface area contributed by atoms with Crippen LogP contribution in [0.2, 0.25) is 0 Å². The van der Waals surface area contributed by atoms with Crippen molar-refractivity contribution in [1.29, 1.82) is 0 Å². The number of carbonyl (C=O) groups is 1. The number of fused-ring (bicyclic) bond motifs is 1. The van der Waals surface area contributed by atoms with Gasteiger partial charge in [0.25, 0.3) is 5.91 Å². The summed E-state index contributed by atoms with van der Waals surface area (Å²) in [6.45, 7) is 4.10. The van der Waals surface area contributed by atoms with Crippen LogP contribution < -0.4 is 5.32 Å². The molecular weight excluding hydrogens is 342 g/mol. The fraction of sp³-hybridized carbons (Fsp3) is 0.211. The molecule has 4 rings (SSSR count). The molecule has 0 spiro atoms. The molecule has 1 amide bonds. The molecule has 8 heteroatoms. The van der Waals surface area contributed by atoms with Crippen LogP contribution in [0.5, 0.6) is 0 Å². The number of carbonyl (C=O) groups excluding carboxylic acids is 1. The fourth-order valence-corrected chi connectivity index (χ4v) is 2.89. The zero-order valence-electron chi connectivity index (χ0n) is 15.3. The van der Waals surface area contributed by atoms with E-state index in [1.165, 1.54) is 0 Å². The van der Waals surface area contributed by atoms with Crippen LogP contribution in [-0.2, 0) is 7.05 Å². The number of rotatable bonds is 4. The topological polar surface area (TPSA) is 90.5 Å². The van der Waals surface area contributed by atoms with Gasteiger partial charge in [-0.05, 0) is 44.2 Å². The molecule has 0 radical (unpaired) electrons. The standard InChI is InChI=1S/C19H19N7O/c1-12(2)26-11-21-24-18(26)15-5-4-6-17(22-15)23-19(27)13-7-8-14-16(9-13)25(3)10-20-14/h4-12H,1-3H3,(H,22,23,27). The van der Waals surface area contributed by atoms with Crippen molar-refractivity contribution in [3.63, 3.8) is 0 Å².